The van der Waals surface area contributed by atoms with Crippen molar-refractivity contribution >= 4 is 0 Å². The van der Waals surface area contributed by atoms with Gasteiger partial charge in [0.1, 0.15) is 5.75 Å². The molecular weight excluding hydrogens is 388 g/mol. The summed E-state index contributed by atoms with van der Waals surface area (Å²) in [5, 5.41) is 10.0. The topological polar surface area (TPSA) is 20.2 Å². The number of phenolic OH excluding ortho intramolecular Hbond substituents is 1. The van der Waals surface area contributed by atoms with Gasteiger partial charge in [-0.2, -0.15) is 0 Å². The van der Waals surface area contributed by atoms with Crippen molar-refractivity contribution in [2.24, 2.45) is 0 Å². The minimum atomic E-state index is -0.453. The van der Waals surface area contributed by atoms with Crippen molar-refractivity contribution in [3.63, 3.8) is 0 Å². The molecule has 0 radical (unpaired) electrons. The Balaban J connectivity index is 1.74. The Morgan fingerprint density at radius 1 is 0.438 bits per heavy atom. The van der Waals surface area contributed by atoms with E-state index in [0.29, 0.717) is 0 Å². The van der Waals surface area contributed by atoms with E-state index >= 15 is 0 Å². The van der Waals surface area contributed by atoms with Gasteiger partial charge in [-0.1, -0.05) is 109 Å². The van der Waals surface area contributed by atoms with Gasteiger partial charge in [0.2, 0.25) is 0 Å². The molecule has 0 aromatic heterocycles. The summed E-state index contributed by atoms with van der Waals surface area (Å²) in [5.41, 5.74) is 9.41. The summed E-state index contributed by atoms with van der Waals surface area (Å²) in [5.74, 6) is 0.279. The predicted molar refractivity (Wildman–Crippen MR) is 131 cm³/mol. The molecule has 1 N–H and O–H groups in total. The molecule has 1 aliphatic carbocycles. The van der Waals surface area contributed by atoms with E-state index in [4.69, 9.17) is 0 Å². The van der Waals surface area contributed by atoms with Crippen molar-refractivity contribution in [2.75, 3.05) is 0 Å². The van der Waals surface area contributed by atoms with Crippen LogP contribution >= 0.6 is 0 Å². The second-order valence-electron chi connectivity index (χ2n) is 8.33. The Morgan fingerprint density at radius 2 is 1.03 bits per heavy atom. The highest BCUT2D eigenvalue weighted by atomic mass is 16.3. The molecule has 32 heavy (non-hydrogen) atoms. The van der Waals surface area contributed by atoms with Gasteiger partial charge in [0, 0.05) is 0 Å². The Morgan fingerprint density at radius 3 is 1.78 bits per heavy atom. The largest absolute Gasteiger partial charge is 0.508 e. The summed E-state index contributed by atoms with van der Waals surface area (Å²) in [4.78, 5) is 0. The average Bonchev–Trinajstić information content (AvgIpc) is 3.16. The van der Waals surface area contributed by atoms with Crippen LogP contribution in [0.4, 0.5) is 0 Å². The summed E-state index contributed by atoms with van der Waals surface area (Å²) < 4.78 is 0. The molecule has 0 spiro atoms. The Kier molecular flexibility index (Phi) is 4.22. The van der Waals surface area contributed by atoms with Crippen LogP contribution in [-0.2, 0) is 5.41 Å². The fourth-order valence-electron chi connectivity index (χ4n) is 5.28. The van der Waals surface area contributed by atoms with Gasteiger partial charge in [0.15, 0.2) is 0 Å². The first-order valence-corrected chi connectivity index (χ1v) is 10.9. The zero-order valence-electron chi connectivity index (χ0n) is 17.6. The summed E-state index contributed by atoms with van der Waals surface area (Å²) in [7, 11) is 0. The molecule has 1 aliphatic rings. The van der Waals surface area contributed by atoms with E-state index in [9.17, 15) is 5.11 Å². The molecule has 5 aromatic carbocycles. The van der Waals surface area contributed by atoms with E-state index in [1.54, 1.807) is 12.1 Å². The van der Waals surface area contributed by atoms with Crippen molar-refractivity contribution in [2.45, 2.75) is 5.41 Å². The van der Waals surface area contributed by atoms with E-state index in [2.05, 4.69) is 115 Å². The van der Waals surface area contributed by atoms with Crippen LogP contribution < -0.4 is 0 Å². The van der Waals surface area contributed by atoms with Crippen LogP contribution in [-0.4, -0.2) is 5.11 Å². The molecule has 0 fully saturated rings. The SMILES string of the molecule is Oc1ccc(C2(c3ccccc3)c3ccccc3-c3ccc(-c4ccccc4)cc32)cc1. The highest BCUT2D eigenvalue weighted by Crippen LogP contribution is 2.56. The third-order valence-corrected chi connectivity index (χ3v) is 6.66. The number of fused-ring (bicyclic) bond motifs is 3. The number of hydrogen-bond acceptors (Lipinski definition) is 1. The lowest BCUT2D eigenvalue weighted by atomic mass is 9.67. The van der Waals surface area contributed by atoms with Crippen LogP contribution in [0.1, 0.15) is 22.3 Å². The van der Waals surface area contributed by atoms with Gasteiger partial charge in [-0.15, -0.1) is 0 Å². The van der Waals surface area contributed by atoms with Crippen molar-refractivity contribution < 1.29 is 5.11 Å². The van der Waals surface area contributed by atoms with Gasteiger partial charge in [0.05, 0.1) is 5.41 Å². The molecule has 6 rings (SSSR count). The monoisotopic (exact) mass is 410 g/mol. The van der Waals surface area contributed by atoms with E-state index in [0.717, 1.165) is 5.56 Å². The molecule has 0 saturated carbocycles. The van der Waals surface area contributed by atoms with Crippen LogP contribution in [0.25, 0.3) is 22.3 Å². The van der Waals surface area contributed by atoms with E-state index in [-0.39, 0.29) is 5.75 Å². The molecule has 5 aromatic rings. The molecule has 1 unspecified atom stereocenters. The third-order valence-electron chi connectivity index (χ3n) is 6.66. The third kappa shape index (κ3) is 2.65. The molecule has 1 heteroatoms. The lowest BCUT2D eigenvalue weighted by Gasteiger charge is -2.34. The standard InChI is InChI=1S/C31H22O/c32-26-18-16-25(17-19-26)31(24-11-5-2-6-12-24)29-14-8-7-13-27(29)28-20-15-23(21-30(28)31)22-9-3-1-4-10-22/h1-21,32H. The molecule has 1 nitrogen and oxygen atoms in total. The maximum atomic E-state index is 10.0. The van der Waals surface area contributed by atoms with Gasteiger partial charge in [-0.3, -0.25) is 0 Å². The second kappa shape index (κ2) is 7.25. The van der Waals surface area contributed by atoms with E-state index < -0.39 is 5.41 Å². The normalized spacial score (nSPS) is 16.4. The van der Waals surface area contributed by atoms with Crippen molar-refractivity contribution in [3.8, 4) is 28.0 Å². The highest BCUT2D eigenvalue weighted by molar-refractivity contribution is 5.88. The van der Waals surface area contributed by atoms with Crippen LogP contribution in [0, 0.1) is 0 Å². The van der Waals surface area contributed by atoms with Gasteiger partial charge >= 0.3 is 0 Å². The summed E-state index contributed by atoms with van der Waals surface area (Å²) in [6.07, 6.45) is 0. The Bertz CT molecular complexity index is 1400. The number of benzene rings is 5. The number of aromatic hydroxyl groups is 1. The van der Waals surface area contributed by atoms with Crippen LogP contribution in [0.2, 0.25) is 0 Å². The van der Waals surface area contributed by atoms with Crippen LogP contribution in [0.5, 0.6) is 5.75 Å². The fourth-order valence-corrected chi connectivity index (χ4v) is 5.28. The van der Waals surface area contributed by atoms with Gasteiger partial charge in [-0.05, 0) is 62.7 Å². The average molecular weight is 411 g/mol. The predicted octanol–water partition coefficient (Wildman–Crippen LogP) is 7.42. The lowest BCUT2D eigenvalue weighted by molar-refractivity contribution is 0.475. The molecule has 0 bridgehead atoms. The van der Waals surface area contributed by atoms with Gasteiger partial charge in [0.25, 0.3) is 0 Å². The maximum absolute atomic E-state index is 10.0. The molecular formula is C31H22O. The molecule has 0 saturated heterocycles. The van der Waals surface area contributed by atoms with Crippen molar-refractivity contribution in [3.05, 3.63) is 150 Å². The molecule has 0 heterocycles. The first-order chi connectivity index (χ1) is 15.8. The quantitative estimate of drug-likeness (QED) is 0.322. The lowest BCUT2D eigenvalue weighted by Crippen LogP contribution is -2.28. The zero-order chi connectivity index (χ0) is 21.5. The summed E-state index contributed by atoms with van der Waals surface area (Å²) >= 11 is 0. The molecule has 0 amide bonds. The van der Waals surface area contributed by atoms with E-state index in [1.807, 2.05) is 0 Å². The maximum Gasteiger partial charge on any atom is 0.115 e. The first-order valence-electron chi connectivity index (χ1n) is 10.9. The van der Waals surface area contributed by atoms with Crippen molar-refractivity contribution in [1.29, 1.82) is 0 Å². The summed E-state index contributed by atoms with van der Waals surface area (Å²) in [6, 6.07) is 44.5. The second-order valence-corrected chi connectivity index (χ2v) is 8.33. The smallest absolute Gasteiger partial charge is 0.115 e. The Hall–Kier alpha value is -4.10. The minimum Gasteiger partial charge on any atom is -0.508 e. The van der Waals surface area contributed by atoms with E-state index in [1.165, 1.54) is 38.9 Å². The van der Waals surface area contributed by atoms with Crippen LogP contribution in [0.15, 0.2) is 127 Å². The molecule has 152 valence electrons. The van der Waals surface area contributed by atoms with Crippen molar-refractivity contribution in [1.82, 2.24) is 0 Å². The fraction of sp³-hybridized carbons (Fsp3) is 0.0323. The number of phenols is 1. The summed E-state index contributed by atoms with van der Waals surface area (Å²) in [6.45, 7) is 0. The Labute approximate surface area is 188 Å². The first kappa shape index (κ1) is 18.7. The molecule has 0 aliphatic heterocycles. The highest BCUT2D eigenvalue weighted by Gasteiger charge is 2.46. The number of hydrogen-bond donors (Lipinski definition) is 1. The number of rotatable bonds is 3. The zero-order valence-corrected chi connectivity index (χ0v) is 17.6. The molecule has 1 atom stereocenters. The van der Waals surface area contributed by atoms with Crippen LogP contribution in [0.3, 0.4) is 0 Å². The van der Waals surface area contributed by atoms with Gasteiger partial charge in [-0.25, -0.2) is 0 Å². The van der Waals surface area contributed by atoms with Gasteiger partial charge < -0.3 is 5.11 Å². The minimum absolute atomic E-state index is 0.279.